The Balaban J connectivity index is 1.84. The molecule has 1 saturated carbocycles. The average molecular weight is 374 g/mol. The minimum atomic E-state index is 0.000584. The molecule has 1 aliphatic rings. The van der Waals surface area contributed by atoms with Crippen LogP contribution in [0.3, 0.4) is 0 Å². The van der Waals surface area contributed by atoms with Crippen LogP contribution in [0, 0.1) is 0 Å². The molecule has 2 rings (SSSR count). The van der Waals surface area contributed by atoms with E-state index in [0.717, 1.165) is 24.2 Å². The molecule has 1 aromatic carbocycles. The van der Waals surface area contributed by atoms with Gasteiger partial charge in [-0.1, -0.05) is 96.8 Å². The summed E-state index contributed by atoms with van der Waals surface area (Å²) in [7, 11) is 0. The van der Waals surface area contributed by atoms with E-state index in [9.17, 15) is 4.79 Å². The van der Waals surface area contributed by atoms with Crippen molar-refractivity contribution < 1.29 is 9.53 Å². The Hall–Kier alpha value is -1.51. The van der Waals surface area contributed by atoms with Crippen molar-refractivity contribution in [2.45, 2.75) is 103 Å². The van der Waals surface area contributed by atoms with Gasteiger partial charge in [-0.25, -0.2) is 0 Å². The van der Waals surface area contributed by atoms with Crippen LogP contribution in [0.5, 0.6) is 5.75 Å². The third-order valence-electron chi connectivity index (χ3n) is 5.52. The molecule has 0 atom stereocenters. The van der Waals surface area contributed by atoms with Crippen LogP contribution in [0.2, 0.25) is 0 Å². The van der Waals surface area contributed by atoms with Crippen LogP contribution in [-0.2, 0) is 10.2 Å². The molecule has 0 radical (unpaired) electrons. The number of hydrogen-bond donors (Lipinski definition) is 1. The maximum Gasteiger partial charge on any atom is 0.258 e. The first-order valence-corrected chi connectivity index (χ1v) is 11.0. The largest absolute Gasteiger partial charge is 0.483 e. The van der Waals surface area contributed by atoms with Crippen molar-refractivity contribution in [3.8, 4) is 5.75 Å². The molecule has 1 N–H and O–H groups in total. The van der Waals surface area contributed by atoms with Crippen LogP contribution >= 0.6 is 0 Å². The van der Waals surface area contributed by atoms with Crippen molar-refractivity contribution in [1.29, 1.82) is 0 Å². The van der Waals surface area contributed by atoms with Crippen LogP contribution in [-0.4, -0.2) is 18.6 Å². The summed E-state index contributed by atoms with van der Waals surface area (Å²) < 4.78 is 5.89. The van der Waals surface area contributed by atoms with Crippen molar-refractivity contribution in [1.82, 2.24) is 5.32 Å². The Labute approximate surface area is 166 Å². The average Bonchev–Trinajstić information content (AvgIpc) is 2.62. The molecule has 27 heavy (non-hydrogen) atoms. The van der Waals surface area contributed by atoms with E-state index in [4.69, 9.17) is 4.74 Å². The van der Waals surface area contributed by atoms with E-state index in [1.54, 1.807) is 0 Å². The number of carbonyl (C=O) groups excluding carboxylic acids is 1. The molecule has 0 spiro atoms. The summed E-state index contributed by atoms with van der Waals surface area (Å²) in [4.78, 5) is 12.5. The van der Waals surface area contributed by atoms with E-state index < -0.39 is 0 Å². The smallest absolute Gasteiger partial charge is 0.258 e. The zero-order chi connectivity index (χ0) is 19.5. The molecule has 1 amide bonds. The van der Waals surface area contributed by atoms with Crippen molar-refractivity contribution in [3.63, 3.8) is 0 Å². The van der Waals surface area contributed by atoms with Crippen molar-refractivity contribution in [2.75, 3.05) is 6.61 Å². The van der Waals surface area contributed by atoms with Crippen LogP contribution in [0.4, 0.5) is 0 Å². The Kier molecular flexibility index (Phi) is 9.17. The highest BCUT2D eigenvalue weighted by molar-refractivity contribution is 5.77. The number of amides is 1. The zero-order valence-electron chi connectivity index (χ0n) is 17.7. The maximum atomic E-state index is 12.5. The molecule has 0 unspecified atom stereocenters. The molecule has 152 valence electrons. The summed E-state index contributed by atoms with van der Waals surface area (Å²) in [6.45, 7) is 6.60. The Morgan fingerprint density at radius 2 is 1.44 bits per heavy atom. The lowest BCUT2D eigenvalue weighted by Gasteiger charge is -2.23. The third-order valence-corrected chi connectivity index (χ3v) is 5.52. The Bertz CT molecular complexity index is 550. The number of para-hydroxylation sites is 1. The molecule has 0 bridgehead atoms. The minimum absolute atomic E-state index is 0.000584. The maximum absolute atomic E-state index is 12.5. The Morgan fingerprint density at radius 1 is 0.926 bits per heavy atom. The van der Waals surface area contributed by atoms with Crippen molar-refractivity contribution in [2.24, 2.45) is 0 Å². The molecule has 1 fully saturated rings. The highest BCUT2D eigenvalue weighted by Crippen LogP contribution is 2.30. The quantitative estimate of drug-likeness (QED) is 0.687. The van der Waals surface area contributed by atoms with Gasteiger partial charge in [0.1, 0.15) is 5.75 Å². The van der Waals surface area contributed by atoms with Gasteiger partial charge < -0.3 is 10.1 Å². The monoisotopic (exact) mass is 373 g/mol. The number of benzene rings is 1. The molecule has 3 heteroatoms. The molecule has 0 aliphatic heterocycles. The van der Waals surface area contributed by atoms with Crippen LogP contribution in [0.25, 0.3) is 0 Å². The number of carbonyl (C=O) groups is 1. The normalized spacial score (nSPS) is 18.2. The van der Waals surface area contributed by atoms with Gasteiger partial charge in [-0.05, 0) is 29.9 Å². The van der Waals surface area contributed by atoms with Gasteiger partial charge in [0.25, 0.3) is 5.91 Å². The molecule has 1 aliphatic carbocycles. The number of hydrogen-bond acceptors (Lipinski definition) is 2. The van der Waals surface area contributed by atoms with Gasteiger partial charge in [-0.15, -0.1) is 0 Å². The van der Waals surface area contributed by atoms with E-state index in [2.05, 4.69) is 32.2 Å². The van der Waals surface area contributed by atoms with E-state index in [1.807, 2.05) is 18.2 Å². The molecule has 3 nitrogen and oxygen atoms in total. The van der Waals surface area contributed by atoms with Crippen LogP contribution in [0.1, 0.15) is 97.0 Å². The van der Waals surface area contributed by atoms with Gasteiger partial charge in [-0.3, -0.25) is 4.79 Å². The minimum Gasteiger partial charge on any atom is -0.483 e. The first kappa shape index (κ1) is 21.8. The first-order chi connectivity index (χ1) is 13.0. The van der Waals surface area contributed by atoms with Crippen LogP contribution < -0.4 is 10.1 Å². The summed E-state index contributed by atoms with van der Waals surface area (Å²) in [6, 6.07) is 8.34. The topological polar surface area (TPSA) is 38.3 Å². The summed E-state index contributed by atoms with van der Waals surface area (Å²) in [5.41, 5.74) is 1.14. The Morgan fingerprint density at radius 3 is 2.00 bits per heavy atom. The van der Waals surface area contributed by atoms with Crippen LogP contribution in [0.15, 0.2) is 24.3 Å². The summed E-state index contributed by atoms with van der Waals surface area (Å²) >= 11 is 0. The molecular weight excluding hydrogens is 334 g/mol. The second-order valence-electron chi connectivity index (χ2n) is 9.06. The first-order valence-electron chi connectivity index (χ1n) is 11.0. The van der Waals surface area contributed by atoms with Crippen molar-refractivity contribution >= 4 is 5.91 Å². The molecule has 1 aromatic rings. The SMILES string of the molecule is CC(C)(C)c1ccccc1OCC(=O)NC1CCCCCCCCCCC1. The predicted molar refractivity (Wildman–Crippen MR) is 113 cm³/mol. The fourth-order valence-electron chi connectivity index (χ4n) is 3.93. The second kappa shape index (κ2) is 11.4. The van der Waals surface area contributed by atoms with Gasteiger partial charge in [0, 0.05) is 6.04 Å². The fourth-order valence-corrected chi connectivity index (χ4v) is 3.93. The second-order valence-corrected chi connectivity index (χ2v) is 9.06. The molecule has 0 aromatic heterocycles. The van der Waals surface area contributed by atoms with E-state index in [1.165, 1.54) is 57.8 Å². The number of nitrogens with one attached hydrogen (secondary N) is 1. The van der Waals surface area contributed by atoms with Gasteiger partial charge in [0.05, 0.1) is 0 Å². The van der Waals surface area contributed by atoms with E-state index in [-0.39, 0.29) is 17.9 Å². The highest BCUT2D eigenvalue weighted by atomic mass is 16.5. The van der Waals surface area contributed by atoms with Crippen molar-refractivity contribution in [3.05, 3.63) is 29.8 Å². The third kappa shape index (κ3) is 8.36. The summed E-state index contributed by atoms with van der Waals surface area (Å²) in [6.07, 6.45) is 14.1. The van der Waals surface area contributed by atoms with Gasteiger partial charge in [-0.2, -0.15) is 0 Å². The standard InChI is InChI=1S/C24H39NO2/c1-24(2,3)21-17-13-14-18-22(21)27-19-23(26)25-20-15-11-9-7-5-4-6-8-10-12-16-20/h13-14,17-18,20H,4-12,15-16,19H2,1-3H3,(H,25,26). The van der Waals surface area contributed by atoms with Gasteiger partial charge in [0.15, 0.2) is 6.61 Å². The summed E-state index contributed by atoms with van der Waals surface area (Å²) in [5.74, 6) is 0.828. The van der Waals surface area contributed by atoms with E-state index in [0.29, 0.717) is 6.04 Å². The predicted octanol–water partition coefficient (Wildman–Crippen LogP) is 6.15. The molecular formula is C24H39NO2. The summed E-state index contributed by atoms with van der Waals surface area (Å²) in [5, 5.41) is 3.24. The van der Waals surface area contributed by atoms with E-state index >= 15 is 0 Å². The lowest BCUT2D eigenvalue weighted by Crippen LogP contribution is -2.38. The zero-order valence-corrected chi connectivity index (χ0v) is 17.7. The number of rotatable bonds is 4. The lowest BCUT2D eigenvalue weighted by molar-refractivity contribution is -0.123. The van der Waals surface area contributed by atoms with Gasteiger partial charge in [0.2, 0.25) is 0 Å². The number of ether oxygens (including phenoxy) is 1. The molecule has 0 saturated heterocycles. The fraction of sp³-hybridized carbons (Fsp3) is 0.708. The molecule has 0 heterocycles. The lowest BCUT2D eigenvalue weighted by atomic mass is 9.86. The van der Waals surface area contributed by atoms with Gasteiger partial charge >= 0.3 is 0 Å². The highest BCUT2D eigenvalue weighted by Gasteiger charge is 2.19.